The van der Waals surface area contributed by atoms with Gasteiger partial charge in [-0.3, -0.25) is 39.0 Å². The van der Waals surface area contributed by atoms with Gasteiger partial charge in [-0.05, 0) is 0 Å². The number of alkyl halides is 5. The standard InChI is InChI=1S/C32H39Cl3F2N2O18/c1-11(40)39-22-18(50-14(4)43)8-30(57-26(22)24(52-16(6)45)20(51-15(5)44)10-49-13(3)42)29(47)55-23-19(9-48-12(2)41)54-27(56-28(38)32(33,34)35)25(53-17(7)46)21(23)31(30,36)37/h18-27,38H,8-10H2,1-7H3,(H,39,40)/t18-,19+,20+,21-,22+,23+,24+,25+,26+,27+,30?/m0/s1. The second-order valence-electron chi connectivity index (χ2n) is 12.9. The van der Waals surface area contributed by atoms with E-state index in [9.17, 15) is 38.4 Å². The van der Waals surface area contributed by atoms with Gasteiger partial charge in [-0.15, -0.1) is 0 Å². The van der Waals surface area contributed by atoms with Crippen molar-refractivity contribution in [2.45, 2.75) is 125 Å². The summed E-state index contributed by atoms with van der Waals surface area (Å²) in [7, 11) is 0. The Morgan fingerprint density at radius 2 is 1.44 bits per heavy atom. The lowest BCUT2D eigenvalue weighted by Crippen LogP contribution is -2.79. The fourth-order valence-corrected chi connectivity index (χ4v) is 6.65. The molecular weight excluding hydrogens is 845 g/mol. The first-order valence-electron chi connectivity index (χ1n) is 16.7. The Morgan fingerprint density at radius 3 is 1.93 bits per heavy atom. The number of carbonyl (C=O) groups is 8. The number of hydrogen-bond donors (Lipinski definition) is 2. The van der Waals surface area contributed by atoms with Gasteiger partial charge in [0, 0.05) is 54.9 Å². The zero-order chi connectivity index (χ0) is 43.4. The number of hydrogen-bond acceptors (Lipinski definition) is 19. The molecule has 0 aromatic carbocycles. The van der Waals surface area contributed by atoms with Gasteiger partial charge in [0.1, 0.15) is 43.5 Å². The number of fused-ring (bicyclic) bond motifs is 1. The molecule has 0 radical (unpaired) electrons. The van der Waals surface area contributed by atoms with Gasteiger partial charge in [-0.1, -0.05) is 34.8 Å². The average Bonchev–Trinajstić information content (AvgIpc) is 3.04. The summed E-state index contributed by atoms with van der Waals surface area (Å²) in [6.07, 6.45) is -18.3. The molecular formula is C32H39Cl3F2N2O18. The molecule has 57 heavy (non-hydrogen) atoms. The third-order valence-electron chi connectivity index (χ3n) is 8.45. The maximum Gasteiger partial charge on any atom is 0.345 e. The Morgan fingerprint density at radius 1 is 0.860 bits per heavy atom. The molecule has 3 aliphatic rings. The molecule has 25 heteroatoms. The van der Waals surface area contributed by atoms with Crippen molar-refractivity contribution in [1.29, 1.82) is 5.41 Å². The molecule has 3 saturated heterocycles. The normalized spacial score (nSPS) is 30.1. The lowest BCUT2D eigenvalue weighted by Gasteiger charge is -2.58. The van der Waals surface area contributed by atoms with Crippen LogP contribution in [0.1, 0.15) is 54.9 Å². The molecule has 0 aromatic rings. The second-order valence-corrected chi connectivity index (χ2v) is 15.2. The zero-order valence-electron chi connectivity index (χ0n) is 31.1. The Hall–Kier alpha value is -4.12. The predicted molar refractivity (Wildman–Crippen MR) is 181 cm³/mol. The zero-order valence-corrected chi connectivity index (χ0v) is 33.4. The van der Waals surface area contributed by atoms with Gasteiger partial charge < -0.3 is 52.7 Å². The van der Waals surface area contributed by atoms with Crippen molar-refractivity contribution in [2.24, 2.45) is 5.92 Å². The number of ether oxygens (including phenoxy) is 10. The fraction of sp³-hybridized carbons (Fsp3) is 0.719. The average molecular weight is 884 g/mol. The van der Waals surface area contributed by atoms with Gasteiger partial charge in [0.25, 0.3) is 9.72 Å². The quantitative estimate of drug-likeness (QED) is 0.0915. The molecule has 3 heterocycles. The minimum Gasteiger partial charge on any atom is -0.463 e. The van der Waals surface area contributed by atoms with E-state index in [2.05, 4.69) is 5.32 Å². The highest BCUT2D eigenvalue weighted by atomic mass is 35.6. The van der Waals surface area contributed by atoms with Crippen molar-refractivity contribution >= 4 is 88.4 Å². The topological polar surface area (TPSA) is 265 Å². The maximum atomic E-state index is 18.0. The van der Waals surface area contributed by atoms with Crippen LogP contribution in [0.4, 0.5) is 8.78 Å². The molecule has 20 nitrogen and oxygen atoms in total. The van der Waals surface area contributed by atoms with Crippen LogP contribution in [0.15, 0.2) is 0 Å². The first-order valence-corrected chi connectivity index (χ1v) is 17.8. The SMILES string of the molecule is CC(=O)N[C@H]1[C@H]([C@H](OC(C)=O)[C@@H](COC(C)=O)OC(C)=O)OC2(C[C@@H]1OC(C)=O)C(=O)O[C@H]1[C@@H]([C@@H](OC(C)=O)[C@@H](OC(=N)C(Cl)(Cl)Cl)O[C@@H]1COC(C)=O)C2(F)F. The third-order valence-corrected chi connectivity index (χ3v) is 8.97. The molecule has 0 aliphatic carbocycles. The van der Waals surface area contributed by atoms with E-state index in [1.807, 2.05) is 0 Å². The molecule has 0 saturated carbocycles. The molecule has 3 aliphatic heterocycles. The highest BCUT2D eigenvalue weighted by Gasteiger charge is 2.79. The van der Waals surface area contributed by atoms with Crippen LogP contribution in [0.3, 0.4) is 0 Å². The highest BCUT2D eigenvalue weighted by Crippen LogP contribution is 2.56. The summed E-state index contributed by atoms with van der Waals surface area (Å²) in [4.78, 5) is 100. The number of amides is 1. The van der Waals surface area contributed by atoms with Crippen molar-refractivity contribution in [2.75, 3.05) is 13.2 Å². The van der Waals surface area contributed by atoms with Crippen molar-refractivity contribution in [3.63, 3.8) is 0 Å². The molecule has 0 bridgehead atoms. The van der Waals surface area contributed by atoms with Gasteiger partial charge in [0.05, 0.1) is 6.04 Å². The first-order chi connectivity index (χ1) is 26.2. The third kappa shape index (κ3) is 11.3. The summed E-state index contributed by atoms with van der Waals surface area (Å²) in [6.45, 7) is 4.45. The monoisotopic (exact) mass is 882 g/mol. The molecule has 2 N–H and O–H groups in total. The van der Waals surface area contributed by atoms with E-state index in [0.29, 0.717) is 0 Å². The van der Waals surface area contributed by atoms with Crippen LogP contribution < -0.4 is 5.32 Å². The van der Waals surface area contributed by atoms with Crippen LogP contribution in [-0.2, 0) is 85.7 Å². The van der Waals surface area contributed by atoms with E-state index in [1.54, 1.807) is 0 Å². The molecule has 1 unspecified atom stereocenters. The molecule has 320 valence electrons. The lowest BCUT2D eigenvalue weighted by atomic mass is 9.69. The van der Waals surface area contributed by atoms with Crippen LogP contribution in [-0.4, -0.2) is 137 Å². The Balaban J connectivity index is 2.38. The van der Waals surface area contributed by atoms with Gasteiger partial charge in [0.2, 0.25) is 23.7 Å². The number of rotatable bonds is 12. The minimum atomic E-state index is -4.74. The predicted octanol–water partition coefficient (Wildman–Crippen LogP) is 1.14. The van der Waals surface area contributed by atoms with E-state index in [4.69, 9.17) is 87.6 Å². The summed E-state index contributed by atoms with van der Waals surface area (Å²) in [5.74, 6) is -17.9. The Bertz CT molecular complexity index is 1630. The lowest BCUT2D eigenvalue weighted by molar-refractivity contribution is -0.372. The van der Waals surface area contributed by atoms with Crippen LogP contribution in [0, 0.1) is 11.3 Å². The van der Waals surface area contributed by atoms with Gasteiger partial charge >= 0.3 is 41.8 Å². The second kappa shape index (κ2) is 18.6. The van der Waals surface area contributed by atoms with E-state index in [1.165, 1.54) is 0 Å². The smallest absolute Gasteiger partial charge is 0.345 e. The van der Waals surface area contributed by atoms with Crippen LogP contribution in [0.5, 0.6) is 0 Å². The van der Waals surface area contributed by atoms with Crippen LogP contribution in [0.25, 0.3) is 0 Å². The Kier molecular flexibility index (Phi) is 15.5. The van der Waals surface area contributed by atoms with Crippen LogP contribution in [0.2, 0.25) is 0 Å². The number of halogens is 5. The maximum absolute atomic E-state index is 18.0. The van der Waals surface area contributed by atoms with E-state index < -0.39 is 150 Å². The summed E-state index contributed by atoms with van der Waals surface area (Å²) in [6, 6.07) is -1.80. The van der Waals surface area contributed by atoms with Crippen molar-refractivity contribution in [3.8, 4) is 0 Å². The van der Waals surface area contributed by atoms with Gasteiger partial charge in [0.15, 0.2) is 18.3 Å². The van der Waals surface area contributed by atoms with Gasteiger partial charge in [-0.2, -0.15) is 0 Å². The Labute approximate surface area is 337 Å². The van der Waals surface area contributed by atoms with Crippen LogP contribution >= 0.6 is 34.8 Å². The molecule has 1 spiro atoms. The molecule has 0 aromatic heterocycles. The molecule has 3 fully saturated rings. The molecule has 1 amide bonds. The fourth-order valence-electron chi connectivity index (χ4n) is 6.52. The number of nitrogens with one attached hydrogen (secondary N) is 2. The van der Waals surface area contributed by atoms with E-state index in [-0.39, 0.29) is 0 Å². The number of esters is 7. The first kappa shape index (κ1) is 47.3. The summed E-state index contributed by atoms with van der Waals surface area (Å²) < 4.78 is 86.9. The van der Waals surface area contributed by atoms with Crippen molar-refractivity contribution in [1.82, 2.24) is 5.32 Å². The molecule has 11 atom stereocenters. The van der Waals surface area contributed by atoms with E-state index >= 15 is 8.78 Å². The van der Waals surface area contributed by atoms with Crippen molar-refractivity contribution < 1.29 is 94.5 Å². The van der Waals surface area contributed by atoms with E-state index in [0.717, 1.165) is 48.5 Å². The van der Waals surface area contributed by atoms with Crippen molar-refractivity contribution in [3.05, 3.63) is 0 Å². The molecule has 3 rings (SSSR count). The summed E-state index contributed by atoms with van der Waals surface area (Å²) in [5, 5.41) is 10.4. The largest absolute Gasteiger partial charge is 0.463 e. The van der Waals surface area contributed by atoms with Gasteiger partial charge in [-0.25, -0.2) is 13.6 Å². The summed E-state index contributed by atoms with van der Waals surface area (Å²) in [5.41, 5.74) is -3.68. The minimum absolute atomic E-state index is 0.796. The summed E-state index contributed by atoms with van der Waals surface area (Å²) >= 11 is 17.3. The highest BCUT2D eigenvalue weighted by molar-refractivity contribution is 6.76. The number of carbonyl (C=O) groups excluding carboxylic acids is 8.